The Labute approximate surface area is 122 Å². The average Bonchev–Trinajstić information content (AvgIpc) is 2.34. The highest BCUT2D eigenvalue weighted by atomic mass is 79.9. The fourth-order valence-electron chi connectivity index (χ4n) is 2.25. The number of para-hydroxylation sites is 1. The van der Waals surface area contributed by atoms with E-state index in [1.165, 1.54) is 11.1 Å². The zero-order valence-electron chi connectivity index (χ0n) is 11.4. The standard InChI is InChI=1S/C16H18BrNO/c1-10-8-11(2)16(14(17)9-10)18-12(3)13-6-4-5-7-15(13)19/h4-9,12,18-19H,1-3H3. The van der Waals surface area contributed by atoms with E-state index in [2.05, 4.69) is 47.2 Å². The van der Waals surface area contributed by atoms with Gasteiger partial charge in [0.2, 0.25) is 0 Å². The van der Waals surface area contributed by atoms with Crippen LogP contribution in [0.15, 0.2) is 40.9 Å². The molecule has 0 radical (unpaired) electrons. The van der Waals surface area contributed by atoms with Gasteiger partial charge in [0.05, 0.1) is 11.7 Å². The largest absolute Gasteiger partial charge is 0.508 e. The minimum absolute atomic E-state index is 0.0407. The van der Waals surface area contributed by atoms with Crippen molar-refractivity contribution in [2.45, 2.75) is 26.8 Å². The molecular formula is C16H18BrNO. The molecule has 3 heteroatoms. The van der Waals surface area contributed by atoms with Crippen molar-refractivity contribution < 1.29 is 5.11 Å². The predicted molar refractivity (Wildman–Crippen MR) is 83.8 cm³/mol. The molecule has 2 aromatic carbocycles. The molecular weight excluding hydrogens is 302 g/mol. The molecule has 0 aliphatic carbocycles. The molecule has 1 atom stereocenters. The normalized spacial score (nSPS) is 12.2. The lowest BCUT2D eigenvalue weighted by atomic mass is 10.1. The van der Waals surface area contributed by atoms with Crippen LogP contribution in [-0.2, 0) is 0 Å². The molecule has 2 N–H and O–H groups in total. The Morgan fingerprint density at radius 1 is 1.16 bits per heavy atom. The second kappa shape index (κ2) is 5.66. The highest BCUT2D eigenvalue weighted by Gasteiger charge is 2.12. The molecule has 2 rings (SSSR count). The van der Waals surface area contributed by atoms with Gasteiger partial charge in [-0.2, -0.15) is 0 Å². The lowest BCUT2D eigenvalue weighted by Crippen LogP contribution is -2.08. The van der Waals surface area contributed by atoms with Crippen molar-refractivity contribution in [1.82, 2.24) is 0 Å². The number of phenols is 1. The molecule has 0 bridgehead atoms. The minimum atomic E-state index is 0.0407. The smallest absolute Gasteiger partial charge is 0.120 e. The number of nitrogens with one attached hydrogen (secondary N) is 1. The van der Waals surface area contributed by atoms with Crippen LogP contribution in [0.4, 0.5) is 5.69 Å². The van der Waals surface area contributed by atoms with Gasteiger partial charge in [0, 0.05) is 10.0 Å². The number of aromatic hydroxyl groups is 1. The van der Waals surface area contributed by atoms with Gasteiger partial charge >= 0.3 is 0 Å². The van der Waals surface area contributed by atoms with Crippen molar-refractivity contribution in [1.29, 1.82) is 0 Å². The third-order valence-corrected chi connectivity index (χ3v) is 3.82. The zero-order chi connectivity index (χ0) is 14.0. The predicted octanol–water partition coefficient (Wildman–Crippen LogP) is 4.94. The van der Waals surface area contributed by atoms with Crippen molar-refractivity contribution in [3.63, 3.8) is 0 Å². The molecule has 1 unspecified atom stereocenters. The van der Waals surface area contributed by atoms with Gasteiger partial charge in [-0.25, -0.2) is 0 Å². The number of benzene rings is 2. The third kappa shape index (κ3) is 3.10. The summed E-state index contributed by atoms with van der Waals surface area (Å²) in [6.07, 6.45) is 0. The van der Waals surface area contributed by atoms with Gasteiger partial charge in [-0.15, -0.1) is 0 Å². The van der Waals surface area contributed by atoms with Crippen LogP contribution >= 0.6 is 15.9 Å². The summed E-state index contributed by atoms with van der Waals surface area (Å²) in [7, 11) is 0. The van der Waals surface area contributed by atoms with Crippen LogP contribution in [0, 0.1) is 13.8 Å². The molecule has 0 spiro atoms. The Morgan fingerprint density at radius 2 is 1.84 bits per heavy atom. The second-order valence-electron chi connectivity index (χ2n) is 4.86. The molecule has 0 amide bonds. The summed E-state index contributed by atoms with van der Waals surface area (Å²) in [5, 5.41) is 13.3. The van der Waals surface area contributed by atoms with E-state index in [4.69, 9.17) is 0 Å². The molecule has 2 aromatic rings. The summed E-state index contributed by atoms with van der Waals surface area (Å²) in [5.74, 6) is 0.323. The van der Waals surface area contributed by atoms with Crippen molar-refractivity contribution in [2.75, 3.05) is 5.32 Å². The second-order valence-corrected chi connectivity index (χ2v) is 5.72. The van der Waals surface area contributed by atoms with Gasteiger partial charge < -0.3 is 10.4 Å². The van der Waals surface area contributed by atoms with E-state index in [0.29, 0.717) is 5.75 Å². The summed E-state index contributed by atoms with van der Waals surface area (Å²) in [4.78, 5) is 0. The fourth-order valence-corrected chi connectivity index (χ4v) is 3.03. The number of anilines is 1. The first-order chi connectivity index (χ1) is 8.99. The van der Waals surface area contributed by atoms with Crippen LogP contribution in [0.2, 0.25) is 0 Å². The van der Waals surface area contributed by atoms with Crippen molar-refractivity contribution in [3.8, 4) is 5.75 Å². The highest BCUT2D eigenvalue weighted by molar-refractivity contribution is 9.10. The van der Waals surface area contributed by atoms with Crippen LogP contribution in [0.1, 0.15) is 29.7 Å². The van der Waals surface area contributed by atoms with Crippen LogP contribution in [0.25, 0.3) is 0 Å². The lowest BCUT2D eigenvalue weighted by molar-refractivity contribution is 0.465. The molecule has 100 valence electrons. The number of phenolic OH excluding ortho intramolecular Hbond substituents is 1. The van der Waals surface area contributed by atoms with E-state index >= 15 is 0 Å². The first-order valence-electron chi connectivity index (χ1n) is 6.30. The molecule has 0 saturated heterocycles. The van der Waals surface area contributed by atoms with Crippen molar-refractivity contribution in [3.05, 3.63) is 57.6 Å². The Balaban J connectivity index is 2.29. The molecule has 0 aliphatic heterocycles. The first-order valence-corrected chi connectivity index (χ1v) is 7.09. The molecule has 0 heterocycles. The lowest BCUT2D eigenvalue weighted by Gasteiger charge is -2.20. The Kier molecular flexibility index (Phi) is 4.15. The van der Waals surface area contributed by atoms with Crippen LogP contribution in [0.5, 0.6) is 5.75 Å². The monoisotopic (exact) mass is 319 g/mol. The van der Waals surface area contributed by atoms with Crippen LogP contribution in [0.3, 0.4) is 0 Å². The molecule has 0 saturated carbocycles. The molecule has 0 aromatic heterocycles. The first kappa shape index (κ1) is 13.9. The van der Waals surface area contributed by atoms with Gasteiger partial charge in [-0.3, -0.25) is 0 Å². The maximum absolute atomic E-state index is 9.89. The maximum atomic E-state index is 9.89. The van der Waals surface area contributed by atoms with E-state index < -0.39 is 0 Å². The van der Waals surface area contributed by atoms with Gasteiger partial charge in [0.25, 0.3) is 0 Å². The minimum Gasteiger partial charge on any atom is -0.508 e. The van der Waals surface area contributed by atoms with E-state index in [1.807, 2.05) is 25.1 Å². The number of aryl methyl sites for hydroxylation is 2. The summed E-state index contributed by atoms with van der Waals surface area (Å²) < 4.78 is 1.05. The van der Waals surface area contributed by atoms with E-state index in [0.717, 1.165) is 15.7 Å². The Morgan fingerprint density at radius 3 is 2.47 bits per heavy atom. The Hall–Kier alpha value is -1.48. The van der Waals surface area contributed by atoms with Gasteiger partial charge in [0.1, 0.15) is 5.75 Å². The summed E-state index contributed by atoms with van der Waals surface area (Å²) in [5.41, 5.74) is 4.38. The number of hydrogen-bond acceptors (Lipinski definition) is 2. The SMILES string of the molecule is Cc1cc(C)c(NC(C)c2ccccc2O)c(Br)c1. The average molecular weight is 320 g/mol. The third-order valence-electron chi connectivity index (χ3n) is 3.20. The fraction of sp³-hybridized carbons (Fsp3) is 0.250. The van der Waals surface area contributed by atoms with Crippen molar-refractivity contribution in [2.24, 2.45) is 0 Å². The molecule has 2 nitrogen and oxygen atoms in total. The number of halogens is 1. The topological polar surface area (TPSA) is 32.3 Å². The quantitative estimate of drug-likeness (QED) is 0.839. The van der Waals surface area contributed by atoms with Crippen molar-refractivity contribution >= 4 is 21.6 Å². The highest BCUT2D eigenvalue weighted by Crippen LogP contribution is 2.33. The summed E-state index contributed by atoms with van der Waals surface area (Å²) >= 11 is 3.59. The molecule has 0 aliphatic rings. The molecule has 19 heavy (non-hydrogen) atoms. The molecule has 0 fully saturated rings. The zero-order valence-corrected chi connectivity index (χ0v) is 13.0. The van der Waals surface area contributed by atoms with Crippen LogP contribution < -0.4 is 5.32 Å². The summed E-state index contributed by atoms with van der Waals surface area (Å²) in [6, 6.07) is 11.7. The maximum Gasteiger partial charge on any atom is 0.120 e. The number of rotatable bonds is 3. The van der Waals surface area contributed by atoms with Crippen LogP contribution in [-0.4, -0.2) is 5.11 Å². The van der Waals surface area contributed by atoms with Gasteiger partial charge in [0.15, 0.2) is 0 Å². The van der Waals surface area contributed by atoms with E-state index in [-0.39, 0.29) is 6.04 Å². The number of hydrogen-bond donors (Lipinski definition) is 2. The van der Waals surface area contributed by atoms with Gasteiger partial charge in [-0.05, 0) is 60.0 Å². The van der Waals surface area contributed by atoms with E-state index in [1.54, 1.807) is 6.07 Å². The summed E-state index contributed by atoms with van der Waals surface area (Å²) in [6.45, 7) is 6.20. The van der Waals surface area contributed by atoms with E-state index in [9.17, 15) is 5.11 Å². The Bertz CT molecular complexity index is 572. The van der Waals surface area contributed by atoms with Gasteiger partial charge in [-0.1, -0.05) is 24.3 Å².